The van der Waals surface area contributed by atoms with Crippen LogP contribution in [0, 0.1) is 5.92 Å². The Morgan fingerprint density at radius 1 is 1.33 bits per heavy atom. The highest BCUT2D eigenvalue weighted by Crippen LogP contribution is 2.34. The fourth-order valence-corrected chi connectivity index (χ4v) is 2.22. The minimum atomic E-state index is -0.633. The monoisotopic (exact) mass is 270 g/mol. The molecule has 2 atom stereocenters. The third-order valence-corrected chi connectivity index (χ3v) is 3.33. The third kappa shape index (κ3) is 3.03. The van der Waals surface area contributed by atoms with Crippen LogP contribution < -0.4 is 0 Å². The maximum Gasteiger partial charge on any atom is 0.0842 e. The number of aliphatic hydroxyl groups is 2. The maximum atomic E-state index is 9.81. The Labute approximate surface area is 98.1 Å². The maximum absolute atomic E-state index is 9.81. The van der Waals surface area contributed by atoms with E-state index in [0.717, 1.165) is 22.9 Å². The van der Waals surface area contributed by atoms with Gasteiger partial charge in [-0.15, -0.1) is 0 Å². The average Bonchev–Trinajstić information content (AvgIpc) is 2.99. The fraction of sp³-hybridized carbons (Fsp3) is 0.500. The number of hydrogen-bond acceptors (Lipinski definition) is 2. The zero-order chi connectivity index (χ0) is 10.8. The highest BCUT2D eigenvalue weighted by atomic mass is 79.9. The summed E-state index contributed by atoms with van der Waals surface area (Å²) in [7, 11) is 0. The molecule has 1 aromatic carbocycles. The highest BCUT2D eigenvalue weighted by molar-refractivity contribution is 9.10. The number of rotatable bonds is 4. The van der Waals surface area contributed by atoms with Gasteiger partial charge in [0.25, 0.3) is 0 Å². The van der Waals surface area contributed by atoms with Crippen molar-refractivity contribution in [3.05, 3.63) is 34.3 Å². The summed E-state index contributed by atoms with van der Waals surface area (Å²) in [6.07, 6.45) is 1.45. The van der Waals surface area contributed by atoms with Crippen LogP contribution >= 0.6 is 15.9 Å². The standard InChI is InChI=1S/C12H15BrO2/c13-10-3-1-2-8(6-10)7-11(14)12(15)9-4-5-9/h1-3,6,9,11-12,14-15H,4-5,7H2. The van der Waals surface area contributed by atoms with Crippen molar-refractivity contribution < 1.29 is 10.2 Å². The highest BCUT2D eigenvalue weighted by Gasteiger charge is 2.34. The molecule has 0 amide bonds. The van der Waals surface area contributed by atoms with Gasteiger partial charge in [0.15, 0.2) is 0 Å². The Hall–Kier alpha value is -0.380. The lowest BCUT2D eigenvalue weighted by Gasteiger charge is -2.17. The zero-order valence-corrected chi connectivity index (χ0v) is 10.0. The van der Waals surface area contributed by atoms with Gasteiger partial charge >= 0.3 is 0 Å². The predicted molar refractivity (Wildman–Crippen MR) is 62.6 cm³/mol. The molecule has 1 aliphatic carbocycles. The van der Waals surface area contributed by atoms with Gasteiger partial charge in [0, 0.05) is 10.9 Å². The smallest absolute Gasteiger partial charge is 0.0842 e. The van der Waals surface area contributed by atoms with Crippen LogP contribution in [0.4, 0.5) is 0 Å². The van der Waals surface area contributed by atoms with E-state index < -0.39 is 12.2 Å². The summed E-state index contributed by atoms with van der Waals surface area (Å²) in [4.78, 5) is 0. The van der Waals surface area contributed by atoms with E-state index in [1.54, 1.807) is 0 Å². The van der Waals surface area contributed by atoms with Gasteiger partial charge in [-0.2, -0.15) is 0 Å². The molecule has 2 rings (SSSR count). The first-order chi connectivity index (χ1) is 7.16. The van der Waals surface area contributed by atoms with E-state index in [-0.39, 0.29) is 0 Å². The molecular formula is C12H15BrO2. The largest absolute Gasteiger partial charge is 0.390 e. The molecule has 0 heterocycles. The molecule has 3 heteroatoms. The second kappa shape index (κ2) is 4.64. The SMILES string of the molecule is OC(Cc1cccc(Br)c1)C(O)C1CC1. The second-order valence-corrected chi connectivity index (χ2v) is 5.15. The van der Waals surface area contributed by atoms with E-state index in [1.807, 2.05) is 24.3 Å². The minimum Gasteiger partial charge on any atom is -0.390 e. The molecule has 82 valence electrons. The van der Waals surface area contributed by atoms with Crippen molar-refractivity contribution in [1.82, 2.24) is 0 Å². The van der Waals surface area contributed by atoms with Crippen LogP contribution in [0.3, 0.4) is 0 Å². The van der Waals surface area contributed by atoms with Crippen molar-refractivity contribution in [2.45, 2.75) is 31.5 Å². The Balaban J connectivity index is 1.95. The fourth-order valence-electron chi connectivity index (χ4n) is 1.78. The van der Waals surface area contributed by atoms with Crippen molar-refractivity contribution >= 4 is 15.9 Å². The zero-order valence-electron chi connectivity index (χ0n) is 8.44. The number of halogens is 1. The van der Waals surface area contributed by atoms with Crippen molar-refractivity contribution in [1.29, 1.82) is 0 Å². The van der Waals surface area contributed by atoms with Crippen LogP contribution in [-0.4, -0.2) is 22.4 Å². The molecule has 0 aliphatic heterocycles. The summed E-state index contributed by atoms with van der Waals surface area (Å²) in [6.45, 7) is 0. The molecule has 0 aromatic heterocycles. The van der Waals surface area contributed by atoms with E-state index in [1.165, 1.54) is 0 Å². The van der Waals surface area contributed by atoms with Crippen LogP contribution in [-0.2, 0) is 6.42 Å². The van der Waals surface area contributed by atoms with Crippen LogP contribution in [0.1, 0.15) is 18.4 Å². The summed E-state index contributed by atoms with van der Waals surface area (Å²) in [5, 5.41) is 19.5. The Morgan fingerprint density at radius 2 is 2.07 bits per heavy atom. The molecule has 1 saturated carbocycles. The normalized spacial score (nSPS) is 19.9. The van der Waals surface area contributed by atoms with Gasteiger partial charge < -0.3 is 10.2 Å². The van der Waals surface area contributed by atoms with Crippen LogP contribution in [0.5, 0.6) is 0 Å². The average molecular weight is 271 g/mol. The van der Waals surface area contributed by atoms with E-state index >= 15 is 0 Å². The molecule has 2 unspecified atom stereocenters. The van der Waals surface area contributed by atoms with Crippen LogP contribution in [0.15, 0.2) is 28.7 Å². The molecule has 0 saturated heterocycles. The van der Waals surface area contributed by atoms with Gasteiger partial charge in [0.1, 0.15) is 0 Å². The molecule has 0 spiro atoms. The third-order valence-electron chi connectivity index (χ3n) is 2.83. The van der Waals surface area contributed by atoms with Gasteiger partial charge in [-0.25, -0.2) is 0 Å². The minimum absolute atomic E-state index is 0.326. The van der Waals surface area contributed by atoms with E-state index in [4.69, 9.17) is 0 Å². The second-order valence-electron chi connectivity index (χ2n) is 4.23. The van der Waals surface area contributed by atoms with Crippen LogP contribution in [0.2, 0.25) is 0 Å². The predicted octanol–water partition coefficient (Wildman–Crippen LogP) is 2.12. The van der Waals surface area contributed by atoms with E-state index in [2.05, 4.69) is 15.9 Å². The Morgan fingerprint density at radius 3 is 2.67 bits per heavy atom. The lowest BCUT2D eigenvalue weighted by molar-refractivity contribution is 0.00673. The summed E-state index contributed by atoms with van der Waals surface area (Å²) >= 11 is 3.39. The first kappa shape index (κ1) is 11.1. The summed E-state index contributed by atoms with van der Waals surface area (Å²) in [5.41, 5.74) is 1.05. The molecule has 2 nitrogen and oxygen atoms in total. The first-order valence-electron chi connectivity index (χ1n) is 5.27. The van der Waals surface area contributed by atoms with Gasteiger partial charge in [0.2, 0.25) is 0 Å². The molecule has 1 fully saturated rings. The van der Waals surface area contributed by atoms with E-state index in [0.29, 0.717) is 12.3 Å². The van der Waals surface area contributed by atoms with Crippen molar-refractivity contribution in [2.75, 3.05) is 0 Å². The summed E-state index contributed by atoms with van der Waals surface area (Å²) in [5.74, 6) is 0.326. The summed E-state index contributed by atoms with van der Waals surface area (Å²) in [6, 6.07) is 7.83. The molecule has 2 N–H and O–H groups in total. The van der Waals surface area contributed by atoms with Gasteiger partial charge in [-0.1, -0.05) is 28.1 Å². The number of aliphatic hydroxyl groups excluding tert-OH is 2. The molecule has 0 radical (unpaired) electrons. The molecule has 15 heavy (non-hydrogen) atoms. The molecule has 1 aromatic rings. The van der Waals surface area contributed by atoms with Crippen molar-refractivity contribution in [2.24, 2.45) is 5.92 Å². The van der Waals surface area contributed by atoms with Gasteiger partial charge in [-0.3, -0.25) is 0 Å². The van der Waals surface area contributed by atoms with Crippen molar-refractivity contribution in [3.63, 3.8) is 0 Å². The van der Waals surface area contributed by atoms with Crippen LogP contribution in [0.25, 0.3) is 0 Å². The molecular weight excluding hydrogens is 256 g/mol. The van der Waals surface area contributed by atoms with Gasteiger partial charge in [-0.05, 0) is 36.5 Å². The quantitative estimate of drug-likeness (QED) is 0.880. The molecule has 0 bridgehead atoms. The Bertz CT molecular complexity index is 336. The van der Waals surface area contributed by atoms with E-state index in [9.17, 15) is 10.2 Å². The lowest BCUT2D eigenvalue weighted by atomic mass is 10.0. The molecule has 1 aliphatic rings. The topological polar surface area (TPSA) is 40.5 Å². The number of benzene rings is 1. The summed E-state index contributed by atoms with van der Waals surface area (Å²) < 4.78 is 1.01. The lowest BCUT2D eigenvalue weighted by Crippen LogP contribution is -2.29. The first-order valence-corrected chi connectivity index (χ1v) is 6.06. The van der Waals surface area contributed by atoms with Crippen molar-refractivity contribution in [3.8, 4) is 0 Å². The number of hydrogen-bond donors (Lipinski definition) is 2. The Kier molecular flexibility index (Phi) is 3.44. The van der Waals surface area contributed by atoms with Gasteiger partial charge in [0.05, 0.1) is 12.2 Å².